The van der Waals surface area contributed by atoms with Gasteiger partial charge in [0, 0.05) is 25.8 Å². The molecule has 106 valence electrons. The summed E-state index contributed by atoms with van der Waals surface area (Å²) in [5, 5.41) is 3.80. The summed E-state index contributed by atoms with van der Waals surface area (Å²) < 4.78 is 40.2. The molecular formula is C11H15F3N4O. The zero-order valence-electron chi connectivity index (χ0n) is 10.4. The average Bonchev–Trinajstić information content (AvgIpc) is 2.72. The van der Waals surface area contributed by atoms with Crippen molar-refractivity contribution in [1.82, 2.24) is 14.7 Å². The van der Waals surface area contributed by atoms with Gasteiger partial charge in [-0.3, -0.25) is 9.48 Å². The number of alkyl halides is 3. The van der Waals surface area contributed by atoms with E-state index >= 15 is 0 Å². The molecule has 8 heteroatoms. The van der Waals surface area contributed by atoms with Gasteiger partial charge in [0.05, 0.1) is 0 Å². The zero-order valence-corrected chi connectivity index (χ0v) is 10.4. The van der Waals surface area contributed by atoms with E-state index in [0.717, 1.165) is 4.90 Å². The van der Waals surface area contributed by atoms with Crippen LogP contribution in [-0.4, -0.2) is 45.4 Å². The Hall–Kier alpha value is -1.57. The van der Waals surface area contributed by atoms with Crippen LogP contribution in [0.5, 0.6) is 0 Å². The first-order valence-electron chi connectivity index (χ1n) is 5.92. The van der Waals surface area contributed by atoms with Crippen molar-refractivity contribution in [3.05, 3.63) is 18.0 Å². The van der Waals surface area contributed by atoms with Gasteiger partial charge >= 0.3 is 6.18 Å². The van der Waals surface area contributed by atoms with Gasteiger partial charge in [-0.25, -0.2) is 0 Å². The van der Waals surface area contributed by atoms with Gasteiger partial charge in [-0.1, -0.05) is 0 Å². The van der Waals surface area contributed by atoms with Crippen molar-refractivity contribution in [2.75, 3.05) is 6.54 Å². The Morgan fingerprint density at radius 1 is 1.47 bits per heavy atom. The number of aryl methyl sites for hydroxylation is 1. The van der Waals surface area contributed by atoms with E-state index in [1.807, 2.05) is 0 Å². The summed E-state index contributed by atoms with van der Waals surface area (Å²) in [6, 6.07) is -0.791. The summed E-state index contributed by atoms with van der Waals surface area (Å²) in [5.74, 6) is -0.683. The fourth-order valence-corrected chi connectivity index (χ4v) is 2.29. The molecule has 1 amide bonds. The number of aromatic nitrogens is 2. The molecule has 0 aromatic carbocycles. The first-order chi connectivity index (χ1) is 8.80. The third-order valence-electron chi connectivity index (χ3n) is 3.30. The van der Waals surface area contributed by atoms with Crippen LogP contribution in [0.1, 0.15) is 23.3 Å². The fraction of sp³-hybridized carbons (Fsp3) is 0.636. The normalized spacial score (nSPS) is 24.6. The minimum Gasteiger partial charge on any atom is -0.326 e. The van der Waals surface area contributed by atoms with E-state index in [1.54, 1.807) is 0 Å². The molecule has 2 atom stereocenters. The number of halogens is 3. The van der Waals surface area contributed by atoms with Gasteiger partial charge in [0.25, 0.3) is 5.91 Å². The molecule has 0 radical (unpaired) electrons. The van der Waals surface area contributed by atoms with Crippen LogP contribution in [0.25, 0.3) is 0 Å². The topological polar surface area (TPSA) is 64.2 Å². The lowest BCUT2D eigenvalue weighted by Crippen LogP contribution is -2.56. The standard InChI is InChI=1S/C11H15F3N4O/c1-17-8(4-5-16-17)10(19)18-6-7(15)2-3-9(18)11(12,13)14/h4-5,7,9H,2-3,6,15H2,1H3. The summed E-state index contributed by atoms with van der Waals surface area (Å²) in [6.45, 7) is -0.0891. The molecule has 2 N–H and O–H groups in total. The molecule has 1 aromatic rings. The number of hydrogen-bond donors (Lipinski definition) is 1. The van der Waals surface area contributed by atoms with E-state index in [9.17, 15) is 18.0 Å². The third-order valence-corrected chi connectivity index (χ3v) is 3.30. The molecule has 2 rings (SSSR count). The number of piperidine rings is 1. The molecule has 0 saturated carbocycles. The van der Waals surface area contributed by atoms with Crippen molar-refractivity contribution in [3.63, 3.8) is 0 Å². The Kier molecular flexibility index (Phi) is 3.53. The summed E-state index contributed by atoms with van der Waals surface area (Å²) in [5.41, 5.74) is 5.80. The number of nitrogens with two attached hydrogens (primary N) is 1. The number of rotatable bonds is 1. The second-order valence-corrected chi connectivity index (χ2v) is 4.69. The van der Waals surface area contributed by atoms with Crippen LogP contribution in [-0.2, 0) is 7.05 Å². The number of likely N-dealkylation sites (tertiary alicyclic amines) is 1. The van der Waals surface area contributed by atoms with E-state index in [1.165, 1.54) is 24.0 Å². The van der Waals surface area contributed by atoms with Crippen molar-refractivity contribution in [3.8, 4) is 0 Å². The molecule has 0 aliphatic carbocycles. The minimum atomic E-state index is -4.44. The van der Waals surface area contributed by atoms with Crippen LogP contribution in [0.15, 0.2) is 12.3 Å². The van der Waals surface area contributed by atoms with E-state index in [0.29, 0.717) is 0 Å². The van der Waals surface area contributed by atoms with Gasteiger partial charge in [-0.05, 0) is 18.9 Å². The van der Waals surface area contributed by atoms with Crippen LogP contribution in [0.4, 0.5) is 13.2 Å². The number of nitrogens with zero attached hydrogens (tertiary/aromatic N) is 3. The Morgan fingerprint density at radius 2 is 2.16 bits per heavy atom. The summed E-state index contributed by atoms with van der Waals surface area (Å²) in [4.78, 5) is 13.0. The maximum absolute atomic E-state index is 13.0. The smallest absolute Gasteiger partial charge is 0.326 e. The van der Waals surface area contributed by atoms with Crippen molar-refractivity contribution < 1.29 is 18.0 Å². The fourth-order valence-electron chi connectivity index (χ4n) is 2.29. The van der Waals surface area contributed by atoms with E-state index < -0.39 is 24.2 Å². The first kappa shape index (κ1) is 13.9. The highest BCUT2D eigenvalue weighted by molar-refractivity contribution is 5.92. The Labute approximate surface area is 108 Å². The summed E-state index contributed by atoms with van der Waals surface area (Å²) in [7, 11) is 1.51. The molecule has 5 nitrogen and oxygen atoms in total. The number of carbonyl (C=O) groups excluding carboxylic acids is 1. The Morgan fingerprint density at radius 3 is 2.68 bits per heavy atom. The number of hydrogen-bond acceptors (Lipinski definition) is 3. The second kappa shape index (κ2) is 4.84. The lowest BCUT2D eigenvalue weighted by molar-refractivity contribution is -0.184. The zero-order chi connectivity index (χ0) is 14.2. The lowest BCUT2D eigenvalue weighted by atomic mass is 9.98. The molecule has 1 saturated heterocycles. The predicted octanol–water partition coefficient (Wildman–Crippen LogP) is 0.914. The lowest BCUT2D eigenvalue weighted by Gasteiger charge is -2.39. The summed E-state index contributed by atoms with van der Waals surface area (Å²) in [6.07, 6.45) is -2.96. The van der Waals surface area contributed by atoms with Gasteiger partial charge in [0.2, 0.25) is 0 Å². The van der Waals surface area contributed by atoms with Crippen LogP contribution < -0.4 is 5.73 Å². The quantitative estimate of drug-likeness (QED) is 0.829. The molecule has 2 unspecified atom stereocenters. The van der Waals surface area contributed by atoms with Crippen molar-refractivity contribution in [1.29, 1.82) is 0 Å². The van der Waals surface area contributed by atoms with Gasteiger partial charge in [0.1, 0.15) is 11.7 Å². The van der Waals surface area contributed by atoms with Crippen LogP contribution in [0.3, 0.4) is 0 Å². The van der Waals surface area contributed by atoms with Gasteiger partial charge in [0.15, 0.2) is 0 Å². The Balaban J connectivity index is 2.28. The average molecular weight is 276 g/mol. The summed E-state index contributed by atoms with van der Waals surface area (Å²) >= 11 is 0. The van der Waals surface area contributed by atoms with Gasteiger partial charge in [-0.2, -0.15) is 18.3 Å². The third kappa shape index (κ3) is 2.73. The SMILES string of the molecule is Cn1nccc1C(=O)N1CC(N)CCC1C(F)(F)F. The largest absolute Gasteiger partial charge is 0.408 e. The second-order valence-electron chi connectivity index (χ2n) is 4.69. The molecule has 19 heavy (non-hydrogen) atoms. The van der Waals surface area contributed by atoms with Gasteiger partial charge < -0.3 is 10.6 Å². The monoisotopic (exact) mass is 276 g/mol. The van der Waals surface area contributed by atoms with Crippen molar-refractivity contribution >= 4 is 5.91 Å². The van der Waals surface area contributed by atoms with Crippen molar-refractivity contribution in [2.45, 2.75) is 31.1 Å². The number of carbonyl (C=O) groups is 1. The number of amides is 1. The van der Waals surface area contributed by atoms with E-state index in [4.69, 9.17) is 5.73 Å². The molecular weight excluding hydrogens is 261 g/mol. The Bertz CT molecular complexity index is 471. The highest BCUT2D eigenvalue weighted by Gasteiger charge is 2.48. The molecule has 1 aliphatic rings. The molecule has 0 bridgehead atoms. The molecule has 1 aliphatic heterocycles. The highest BCUT2D eigenvalue weighted by Crippen LogP contribution is 2.32. The molecule has 1 aromatic heterocycles. The van der Waals surface area contributed by atoms with E-state index in [-0.39, 0.29) is 25.1 Å². The van der Waals surface area contributed by atoms with Crippen LogP contribution >= 0.6 is 0 Å². The first-order valence-corrected chi connectivity index (χ1v) is 5.92. The van der Waals surface area contributed by atoms with Crippen LogP contribution in [0, 0.1) is 0 Å². The van der Waals surface area contributed by atoms with Crippen LogP contribution in [0.2, 0.25) is 0 Å². The molecule has 0 spiro atoms. The highest BCUT2D eigenvalue weighted by atomic mass is 19.4. The maximum atomic E-state index is 13.0. The molecule has 2 heterocycles. The predicted molar refractivity (Wildman–Crippen MR) is 61.3 cm³/mol. The van der Waals surface area contributed by atoms with Crippen molar-refractivity contribution in [2.24, 2.45) is 12.8 Å². The maximum Gasteiger partial charge on any atom is 0.408 e. The van der Waals surface area contributed by atoms with Gasteiger partial charge in [-0.15, -0.1) is 0 Å². The molecule has 1 fully saturated rings. The minimum absolute atomic E-state index is 0.0891. The van der Waals surface area contributed by atoms with E-state index in [2.05, 4.69) is 5.10 Å².